The molecule has 1 aromatic carbocycles. The lowest BCUT2D eigenvalue weighted by molar-refractivity contribution is -0.123. The Balaban J connectivity index is 1.46. The van der Waals surface area contributed by atoms with Crippen LogP contribution in [-0.2, 0) is 9.59 Å². The number of nitrogens with zero attached hydrogens (tertiary/aromatic N) is 2. The van der Waals surface area contributed by atoms with Crippen LogP contribution in [0.5, 0.6) is 5.75 Å². The summed E-state index contributed by atoms with van der Waals surface area (Å²) in [6, 6.07) is 5.22. The van der Waals surface area contributed by atoms with Gasteiger partial charge in [-0.3, -0.25) is 9.59 Å². The molecule has 2 atom stereocenters. The van der Waals surface area contributed by atoms with Crippen LogP contribution in [0.15, 0.2) is 29.8 Å². The van der Waals surface area contributed by atoms with Gasteiger partial charge in [-0.25, -0.2) is 4.98 Å². The van der Waals surface area contributed by atoms with Crippen LogP contribution < -0.4 is 20.3 Å². The van der Waals surface area contributed by atoms with Gasteiger partial charge < -0.3 is 20.3 Å². The molecule has 2 aliphatic heterocycles. The molecule has 2 aliphatic rings. The number of nitrogens with one attached hydrogen (secondary N) is 2. The number of hydrogen-bond donors (Lipinski definition) is 2. The van der Waals surface area contributed by atoms with E-state index in [1.54, 1.807) is 17.5 Å². The fourth-order valence-electron chi connectivity index (χ4n) is 3.39. The number of carbonyl (C=O) groups is 2. The number of amides is 2. The van der Waals surface area contributed by atoms with Crippen molar-refractivity contribution in [3.63, 3.8) is 0 Å². The summed E-state index contributed by atoms with van der Waals surface area (Å²) in [6.45, 7) is 2.82. The molecule has 0 bridgehead atoms. The molecule has 1 aromatic heterocycles. The van der Waals surface area contributed by atoms with Crippen molar-refractivity contribution in [2.45, 2.75) is 31.8 Å². The molecular formula is C18H20N4O3S. The number of rotatable bonds is 4. The van der Waals surface area contributed by atoms with Gasteiger partial charge in [-0.1, -0.05) is 6.07 Å². The minimum absolute atomic E-state index is 0.00297. The highest BCUT2D eigenvalue weighted by molar-refractivity contribution is 7.13. The van der Waals surface area contributed by atoms with Crippen molar-refractivity contribution in [3.8, 4) is 5.75 Å². The number of thiazole rings is 1. The number of aromatic nitrogens is 1. The lowest BCUT2D eigenvalue weighted by Gasteiger charge is -2.25. The maximum atomic E-state index is 12.8. The third-order valence-corrected chi connectivity index (χ3v) is 5.52. The molecule has 2 amide bonds. The highest BCUT2D eigenvalue weighted by atomic mass is 32.1. The summed E-state index contributed by atoms with van der Waals surface area (Å²) in [5, 5.41) is 8.71. The van der Waals surface area contributed by atoms with Gasteiger partial charge in [-0.15, -0.1) is 11.3 Å². The van der Waals surface area contributed by atoms with Crippen LogP contribution in [0.25, 0.3) is 0 Å². The fourth-order valence-corrected chi connectivity index (χ4v) is 4.11. The summed E-state index contributed by atoms with van der Waals surface area (Å²) in [6.07, 6.45) is 3.57. The Labute approximate surface area is 155 Å². The van der Waals surface area contributed by atoms with E-state index in [4.69, 9.17) is 4.74 Å². The minimum Gasteiger partial charge on any atom is -0.482 e. The van der Waals surface area contributed by atoms with Gasteiger partial charge >= 0.3 is 0 Å². The summed E-state index contributed by atoms with van der Waals surface area (Å²) >= 11 is 1.55. The normalized spacial score (nSPS) is 20.1. The Hall–Kier alpha value is -2.61. The van der Waals surface area contributed by atoms with Crippen LogP contribution in [0.2, 0.25) is 0 Å². The summed E-state index contributed by atoms with van der Waals surface area (Å²) < 4.78 is 5.38. The van der Waals surface area contributed by atoms with Gasteiger partial charge in [0, 0.05) is 18.1 Å². The average molecular weight is 372 g/mol. The van der Waals surface area contributed by atoms with Crippen LogP contribution in [0.3, 0.4) is 0 Å². The SMILES string of the molecule is C[C@@H](NC(=O)[C@H]1CCCN1c1nccs1)c1ccc2c(c1)NC(=O)CO2. The molecule has 3 heterocycles. The summed E-state index contributed by atoms with van der Waals surface area (Å²) in [5.74, 6) is 0.484. The second-order valence-corrected chi connectivity index (χ2v) is 7.36. The van der Waals surface area contributed by atoms with Gasteiger partial charge in [0.05, 0.1) is 11.7 Å². The first kappa shape index (κ1) is 16.8. The van der Waals surface area contributed by atoms with Crippen molar-refractivity contribution >= 4 is 34.0 Å². The molecular weight excluding hydrogens is 352 g/mol. The number of fused-ring (bicyclic) bond motifs is 1. The maximum Gasteiger partial charge on any atom is 0.262 e. The first-order chi connectivity index (χ1) is 12.6. The van der Waals surface area contributed by atoms with Crippen LogP contribution in [-0.4, -0.2) is 36.0 Å². The molecule has 1 saturated heterocycles. The second kappa shape index (κ2) is 6.95. The standard InChI is InChI=1S/C18H20N4O3S/c1-11(12-4-5-15-13(9-12)21-16(23)10-25-15)20-17(24)14-3-2-7-22(14)18-19-6-8-26-18/h4-6,8-9,11,14H,2-3,7,10H2,1H3,(H,20,24)(H,21,23)/t11-,14-/m1/s1. The van der Waals surface area contributed by atoms with Crippen molar-refractivity contribution in [1.29, 1.82) is 0 Å². The van der Waals surface area contributed by atoms with Crippen LogP contribution in [0.1, 0.15) is 31.4 Å². The predicted molar refractivity (Wildman–Crippen MR) is 99.6 cm³/mol. The quantitative estimate of drug-likeness (QED) is 0.861. The molecule has 26 heavy (non-hydrogen) atoms. The molecule has 0 saturated carbocycles. The van der Waals surface area contributed by atoms with Crippen molar-refractivity contribution < 1.29 is 14.3 Å². The Morgan fingerprint density at radius 1 is 1.50 bits per heavy atom. The van der Waals surface area contributed by atoms with E-state index >= 15 is 0 Å². The minimum atomic E-state index is -0.190. The van der Waals surface area contributed by atoms with Gasteiger partial charge in [0.2, 0.25) is 5.91 Å². The molecule has 7 nitrogen and oxygen atoms in total. The summed E-state index contributed by atoms with van der Waals surface area (Å²) in [5.41, 5.74) is 1.56. The first-order valence-electron chi connectivity index (χ1n) is 8.65. The number of ether oxygens (including phenoxy) is 1. The summed E-state index contributed by atoms with van der Waals surface area (Å²) in [4.78, 5) is 30.7. The van der Waals surface area contributed by atoms with Crippen molar-refractivity contribution in [2.24, 2.45) is 0 Å². The second-order valence-electron chi connectivity index (χ2n) is 6.49. The molecule has 4 rings (SSSR count). The Morgan fingerprint density at radius 2 is 2.38 bits per heavy atom. The highest BCUT2D eigenvalue weighted by Crippen LogP contribution is 2.31. The molecule has 2 aromatic rings. The smallest absolute Gasteiger partial charge is 0.262 e. The lowest BCUT2D eigenvalue weighted by atomic mass is 10.1. The van der Waals surface area contributed by atoms with Crippen molar-refractivity contribution in [1.82, 2.24) is 10.3 Å². The average Bonchev–Trinajstić information content (AvgIpc) is 3.31. The molecule has 8 heteroatoms. The van der Waals surface area contributed by atoms with Crippen molar-refractivity contribution in [2.75, 3.05) is 23.4 Å². The first-order valence-corrected chi connectivity index (χ1v) is 9.53. The van der Waals surface area contributed by atoms with Crippen molar-refractivity contribution in [3.05, 3.63) is 35.3 Å². The van der Waals surface area contributed by atoms with Gasteiger partial charge in [-0.2, -0.15) is 0 Å². The van der Waals surface area contributed by atoms with E-state index in [1.165, 1.54) is 0 Å². The van der Waals surface area contributed by atoms with E-state index in [0.29, 0.717) is 11.4 Å². The number of benzene rings is 1. The number of hydrogen-bond acceptors (Lipinski definition) is 6. The molecule has 0 spiro atoms. The molecule has 2 N–H and O–H groups in total. The zero-order valence-electron chi connectivity index (χ0n) is 14.4. The zero-order valence-corrected chi connectivity index (χ0v) is 15.2. The molecule has 0 radical (unpaired) electrons. The molecule has 0 aliphatic carbocycles. The number of carbonyl (C=O) groups excluding carboxylic acids is 2. The third-order valence-electron chi connectivity index (χ3n) is 4.72. The number of anilines is 2. The van der Waals surface area contributed by atoms with E-state index in [0.717, 1.165) is 30.1 Å². The van der Waals surface area contributed by atoms with E-state index in [9.17, 15) is 9.59 Å². The monoisotopic (exact) mass is 372 g/mol. The van der Waals surface area contributed by atoms with Gasteiger partial charge in [-0.05, 0) is 37.5 Å². The van der Waals surface area contributed by atoms with E-state index in [2.05, 4.69) is 20.5 Å². The maximum absolute atomic E-state index is 12.8. The molecule has 0 unspecified atom stereocenters. The largest absolute Gasteiger partial charge is 0.482 e. The predicted octanol–water partition coefficient (Wildman–Crippen LogP) is 2.32. The molecule has 136 valence electrons. The van der Waals surface area contributed by atoms with E-state index < -0.39 is 0 Å². The Morgan fingerprint density at radius 3 is 3.19 bits per heavy atom. The fraction of sp³-hybridized carbons (Fsp3) is 0.389. The highest BCUT2D eigenvalue weighted by Gasteiger charge is 2.33. The third kappa shape index (κ3) is 3.24. The van der Waals surface area contributed by atoms with E-state index in [-0.39, 0.29) is 30.5 Å². The Kier molecular flexibility index (Phi) is 4.50. The van der Waals surface area contributed by atoms with E-state index in [1.807, 2.05) is 30.5 Å². The topological polar surface area (TPSA) is 83.6 Å². The Bertz CT molecular complexity index is 824. The van der Waals surface area contributed by atoms with Gasteiger partial charge in [0.25, 0.3) is 5.91 Å². The lowest BCUT2D eigenvalue weighted by Crippen LogP contribution is -2.44. The van der Waals surface area contributed by atoms with Crippen LogP contribution in [0.4, 0.5) is 10.8 Å². The zero-order chi connectivity index (χ0) is 18.1. The van der Waals surface area contributed by atoms with Gasteiger partial charge in [0.15, 0.2) is 11.7 Å². The van der Waals surface area contributed by atoms with Crippen LogP contribution in [0, 0.1) is 0 Å². The van der Waals surface area contributed by atoms with Crippen LogP contribution >= 0.6 is 11.3 Å². The molecule has 1 fully saturated rings. The van der Waals surface area contributed by atoms with Gasteiger partial charge in [0.1, 0.15) is 11.8 Å². The summed E-state index contributed by atoms with van der Waals surface area (Å²) in [7, 11) is 0.